The minimum atomic E-state index is 0.490. The predicted molar refractivity (Wildman–Crippen MR) is 69.4 cm³/mol. The van der Waals surface area contributed by atoms with Gasteiger partial charge in [-0.25, -0.2) is 0 Å². The van der Waals surface area contributed by atoms with Crippen molar-refractivity contribution in [1.82, 2.24) is 4.90 Å². The summed E-state index contributed by atoms with van der Waals surface area (Å²) in [6, 6.07) is 0.490. The predicted octanol–water partition coefficient (Wildman–Crippen LogP) is 2.63. The Bertz CT molecular complexity index is 199. The highest BCUT2D eigenvalue weighted by Gasteiger charge is 2.26. The normalized spacial score (nSPS) is 30.8. The first kappa shape index (κ1) is 12.4. The van der Waals surface area contributed by atoms with Crippen LogP contribution in [0.3, 0.4) is 0 Å². The molecule has 0 bridgehead atoms. The third kappa shape index (κ3) is 3.21. The van der Waals surface area contributed by atoms with Gasteiger partial charge in [-0.05, 0) is 57.0 Å². The standard InChI is InChI=1S/C14H28N2/c1-2-16-9-5-6-12(11-16)10-14(15)13-7-3-4-8-13/h12-14H,2-11,15H2,1H3. The van der Waals surface area contributed by atoms with Gasteiger partial charge in [-0.15, -0.1) is 0 Å². The maximum atomic E-state index is 6.38. The van der Waals surface area contributed by atoms with Gasteiger partial charge in [0.2, 0.25) is 0 Å². The van der Waals surface area contributed by atoms with Gasteiger partial charge < -0.3 is 10.6 Å². The Kier molecular flexibility index (Phi) is 4.66. The smallest absolute Gasteiger partial charge is 0.00702 e. The van der Waals surface area contributed by atoms with Crippen molar-refractivity contribution in [3.05, 3.63) is 0 Å². The Morgan fingerprint density at radius 3 is 2.62 bits per heavy atom. The third-order valence-electron chi connectivity index (χ3n) is 4.66. The Morgan fingerprint density at radius 1 is 1.19 bits per heavy atom. The van der Waals surface area contributed by atoms with E-state index in [-0.39, 0.29) is 0 Å². The van der Waals surface area contributed by atoms with Gasteiger partial charge in [-0.2, -0.15) is 0 Å². The summed E-state index contributed by atoms with van der Waals surface area (Å²) in [5.41, 5.74) is 6.38. The lowest BCUT2D eigenvalue weighted by molar-refractivity contribution is 0.163. The van der Waals surface area contributed by atoms with Crippen molar-refractivity contribution < 1.29 is 0 Å². The summed E-state index contributed by atoms with van der Waals surface area (Å²) in [5.74, 6) is 1.72. The summed E-state index contributed by atoms with van der Waals surface area (Å²) in [5, 5.41) is 0. The lowest BCUT2D eigenvalue weighted by Crippen LogP contribution is -2.39. The van der Waals surface area contributed by atoms with Crippen LogP contribution in [-0.2, 0) is 0 Å². The molecule has 2 atom stereocenters. The molecule has 0 aromatic rings. The second-order valence-corrected chi connectivity index (χ2v) is 5.85. The van der Waals surface area contributed by atoms with E-state index in [1.54, 1.807) is 0 Å². The van der Waals surface area contributed by atoms with Gasteiger partial charge in [-0.1, -0.05) is 19.8 Å². The second kappa shape index (κ2) is 6.02. The second-order valence-electron chi connectivity index (χ2n) is 5.85. The van der Waals surface area contributed by atoms with Crippen LogP contribution in [0, 0.1) is 11.8 Å². The molecular formula is C14H28N2. The monoisotopic (exact) mass is 224 g/mol. The average Bonchev–Trinajstić information content (AvgIpc) is 2.83. The molecule has 2 nitrogen and oxygen atoms in total. The molecule has 1 aliphatic heterocycles. The molecule has 2 heteroatoms. The molecule has 2 unspecified atom stereocenters. The average molecular weight is 224 g/mol. The van der Waals surface area contributed by atoms with Gasteiger partial charge >= 0.3 is 0 Å². The van der Waals surface area contributed by atoms with Crippen LogP contribution in [0.25, 0.3) is 0 Å². The first-order valence-corrected chi connectivity index (χ1v) is 7.27. The highest BCUT2D eigenvalue weighted by molar-refractivity contribution is 4.82. The highest BCUT2D eigenvalue weighted by Crippen LogP contribution is 2.31. The molecule has 2 aliphatic rings. The number of rotatable bonds is 4. The number of hydrogen-bond acceptors (Lipinski definition) is 2. The van der Waals surface area contributed by atoms with E-state index in [0.29, 0.717) is 6.04 Å². The van der Waals surface area contributed by atoms with Crippen LogP contribution in [-0.4, -0.2) is 30.6 Å². The zero-order valence-corrected chi connectivity index (χ0v) is 10.8. The van der Waals surface area contributed by atoms with E-state index in [9.17, 15) is 0 Å². The molecule has 2 rings (SSSR count). The van der Waals surface area contributed by atoms with Crippen molar-refractivity contribution in [2.75, 3.05) is 19.6 Å². The van der Waals surface area contributed by atoms with E-state index in [0.717, 1.165) is 11.8 Å². The minimum absolute atomic E-state index is 0.490. The van der Waals surface area contributed by atoms with E-state index in [4.69, 9.17) is 5.73 Å². The Hall–Kier alpha value is -0.0800. The number of piperidine rings is 1. The molecule has 0 aromatic heterocycles. The molecular weight excluding hydrogens is 196 g/mol. The molecule has 1 saturated carbocycles. The molecule has 16 heavy (non-hydrogen) atoms. The summed E-state index contributed by atoms with van der Waals surface area (Å²) in [4.78, 5) is 2.59. The zero-order chi connectivity index (χ0) is 11.4. The molecule has 0 radical (unpaired) electrons. The van der Waals surface area contributed by atoms with Crippen LogP contribution < -0.4 is 5.73 Å². The lowest BCUT2D eigenvalue weighted by Gasteiger charge is -2.34. The summed E-state index contributed by atoms with van der Waals surface area (Å²) in [7, 11) is 0. The number of nitrogens with zero attached hydrogens (tertiary/aromatic N) is 1. The fraction of sp³-hybridized carbons (Fsp3) is 1.00. The SMILES string of the molecule is CCN1CCCC(CC(N)C2CCCC2)C1. The summed E-state index contributed by atoms with van der Waals surface area (Å²) >= 11 is 0. The molecule has 1 saturated heterocycles. The van der Waals surface area contributed by atoms with Crippen LogP contribution in [0.1, 0.15) is 51.9 Å². The lowest BCUT2D eigenvalue weighted by atomic mass is 9.86. The van der Waals surface area contributed by atoms with E-state index in [2.05, 4.69) is 11.8 Å². The number of likely N-dealkylation sites (tertiary alicyclic amines) is 1. The van der Waals surface area contributed by atoms with Crippen LogP contribution in [0.15, 0.2) is 0 Å². The largest absolute Gasteiger partial charge is 0.327 e. The first-order valence-electron chi connectivity index (χ1n) is 7.27. The van der Waals surface area contributed by atoms with Gasteiger partial charge in [0.05, 0.1) is 0 Å². The summed E-state index contributed by atoms with van der Waals surface area (Å²) < 4.78 is 0. The zero-order valence-electron chi connectivity index (χ0n) is 10.8. The fourth-order valence-electron chi connectivity index (χ4n) is 3.59. The molecule has 1 heterocycles. The Morgan fingerprint density at radius 2 is 1.94 bits per heavy atom. The number of hydrogen-bond donors (Lipinski definition) is 1. The van der Waals surface area contributed by atoms with Crippen molar-refractivity contribution in [3.63, 3.8) is 0 Å². The van der Waals surface area contributed by atoms with Crippen LogP contribution in [0.4, 0.5) is 0 Å². The Labute approximate surface area is 101 Å². The van der Waals surface area contributed by atoms with E-state index < -0.39 is 0 Å². The molecule has 2 N–H and O–H groups in total. The van der Waals surface area contributed by atoms with Gasteiger partial charge in [0.25, 0.3) is 0 Å². The summed E-state index contributed by atoms with van der Waals surface area (Å²) in [6.07, 6.45) is 9.71. The van der Waals surface area contributed by atoms with Crippen molar-refractivity contribution in [2.45, 2.75) is 57.9 Å². The highest BCUT2D eigenvalue weighted by atomic mass is 15.1. The maximum Gasteiger partial charge on any atom is 0.00702 e. The third-order valence-corrected chi connectivity index (χ3v) is 4.66. The van der Waals surface area contributed by atoms with Gasteiger partial charge in [0.1, 0.15) is 0 Å². The topological polar surface area (TPSA) is 29.3 Å². The Balaban J connectivity index is 1.75. The molecule has 94 valence electrons. The maximum absolute atomic E-state index is 6.38. The molecule has 1 aliphatic carbocycles. The molecule has 0 amide bonds. The van der Waals surface area contributed by atoms with Gasteiger partial charge in [0.15, 0.2) is 0 Å². The molecule has 2 fully saturated rings. The van der Waals surface area contributed by atoms with E-state index in [1.807, 2.05) is 0 Å². The fourth-order valence-corrected chi connectivity index (χ4v) is 3.59. The van der Waals surface area contributed by atoms with E-state index >= 15 is 0 Å². The van der Waals surface area contributed by atoms with Gasteiger partial charge in [0, 0.05) is 12.6 Å². The van der Waals surface area contributed by atoms with Crippen LogP contribution in [0.5, 0.6) is 0 Å². The van der Waals surface area contributed by atoms with Crippen molar-refractivity contribution in [2.24, 2.45) is 17.6 Å². The van der Waals surface area contributed by atoms with E-state index in [1.165, 1.54) is 64.6 Å². The van der Waals surface area contributed by atoms with Gasteiger partial charge in [-0.3, -0.25) is 0 Å². The molecule has 0 spiro atoms. The number of nitrogens with two attached hydrogens (primary N) is 1. The first-order chi connectivity index (χ1) is 7.79. The molecule has 0 aromatic carbocycles. The summed E-state index contributed by atoms with van der Waals surface area (Å²) in [6.45, 7) is 6.11. The van der Waals surface area contributed by atoms with Crippen molar-refractivity contribution in [1.29, 1.82) is 0 Å². The van der Waals surface area contributed by atoms with Crippen LogP contribution >= 0.6 is 0 Å². The quantitative estimate of drug-likeness (QED) is 0.795. The van der Waals surface area contributed by atoms with Crippen LogP contribution in [0.2, 0.25) is 0 Å². The minimum Gasteiger partial charge on any atom is -0.327 e. The van der Waals surface area contributed by atoms with Crippen molar-refractivity contribution in [3.8, 4) is 0 Å². The van der Waals surface area contributed by atoms with Crippen molar-refractivity contribution >= 4 is 0 Å².